The molecule has 0 aliphatic carbocycles. The summed E-state index contributed by atoms with van der Waals surface area (Å²) in [4.78, 5) is 0. The lowest BCUT2D eigenvalue weighted by molar-refractivity contribution is 0.108. The Labute approximate surface area is 60.8 Å². The van der Waals surface area contributed by atoms with E-state index >= 15 is 0 Å². The van der Waals surface area contributed by atoms with Crippen molar-refractivity contribution in [2.75, 3.05) is 5.75 Å². The molecule has 1 saturated heterocycles. The topological polar surface area (TPSA) is 20.2 Å². The molecule has 0 aromatic carbocycles. The van der Waals surface area contributed by atoms with Crippen LogP contribution in [0.15, 0.2) is 0 Å². The van der Waals surface area contributed by atoms with Crippen molar-refractivity contribution in [2.24, 2.45) is 5.92 Å². The van der Waals surface area contributed by atoms with Gasteiger partial charge in [0.05, 0.1) is 6.10 Å². The number of aliphatic hydroxyl groups is 1. The Morgan fingerprint density at radius 3 is 2.22 bits per heavy atom. The van der Waals surface area contributed by atoms with Crippen LogP contribution in [-0.4, -0.2) is 21.7 Å². The molecule has 1 N–H and O–H groups in total. The van der Waals surface area contributed by atoms with Crippen LogP contribution in [-0.2, 0) is 0 Å². The number of hydrogen-bond acceptors (Lipinski definition) is 2. The fourth-order valence-electron chi connectivity index (χ4n) is 1.21. The number of rotatable bonds is 0. The molecule has 0 aromatic heterocycles. The van der Waals surface area contributed by atoms with Gasteiger partial charge < -0.3 is 5.11 Å². The Kier molecular flexibility index (Phi) is 1.79. The Morgan fingerprint density at radius 2 is 2.11 bits per heavy atom. The van der Waals surface area contributed by atoms with Gasteiger partial charge in [-0.2, -0.15) is 11.8 Å². The minimum atomic E-state index is -0.109. The van der Waals surface area contributed by atoms with E-state index in [1.54, 1.807) is 0 Å². The molecule has 9 heavy (non-hydrogen) atoms. The second kappa shape index (κ2) is 2.17. The lowest BCUT2D eigenvalue weighted by atomic mass is 9.97. The Bertz CT molecular complexity index is 111. The van der Waals surface area contributed by atoms with Gasteiger partial charge in [0.25, 0.3) is 0 Å². The van der Waals surface area contributed by atoms with Crippen molar-refractivity contribution >= 4 is 11.8 Å². The fraction of sp³-hybridized carbons (Fsp3) is 1.00. The third-order valence-electron chi connectivity index (χ3n) is 1.97. The van der Waals surface area contributed by atoms with E-state index < -0.39 is 0 Å². The van der Waals surface area contributed by atoms with Gasteiger partial charge in [-0.25, -0.2) is 0 Å². The standard InChI is InChI=1S/C7H14OS/c1-5-4-9-7(2,3)6(5)8/h5-6,8H,4H2,1-3H3/t5-,6+/m0/s1. The smallest absolute Gasteiger partial charge is 0.0714 e. The van der Waals surface area contributed by atoms with Crippen molar-refractivity contribution in [3.8, 4) is 0 Å². The molecule has 54 valence electrons. The van der Waals surface area contributed by atoms with Gasteiger partial charge in [-0.3, -0.25) is 0 Å². The molecule has 1 aliphatic rings. The van der Waals surface area contributed by atoms with Crippen LogP contribution < -0.4 is 0 Å². The molecular formula is C7H14OS. The first-order valence-corrected chi connectivity index (χ1v) is 4.34. The molecule has 1 fully saturated rings. The monoisotopic (exact) mass is 146 g/mol. The van der Waals surface area contributed by atoms with Crippen molar-refractivity contribution in [2.45, 2.75) is 31.6 Å². The molecule has 0 unspecified atom stereocenters. The van der Waals surface area contributed by atoms with Crippen LogP contribution in [0.5, 0.6) is 0 Å². The van der Waals surface area contributed by atoms with E-state index in [0.29, 0.717) is 5.92 Å². The van der Waals surface area contributed by atoms with Crippen LogP contribution in [0.1, 0.15) is 20.8 Å². The summed E-state index contributed by atoms with van der Waals surface area (Å²) in [6.07, 6.45) is -0.109. The quantitative estimate of drug-likeness (QED) is 0.559. The maximum atomic E-state index is 9.50. The molecule has 0 amide bonds. The third kappa shape index (κ3) is 1.24. The van der Waals surface area contributed by atoms with Gasteiger partial charge in [-0.1, -0.05) is 6.92 Å². The first-order valence-electron chi connectivity index (χ1n) is 3.36. The molecule has 0 spiro atoms. The SMILES string of the molecule is C[C@H]1CSC(C)(C)[C@@H]1O. The molecule has 2 atom stereocenters. The fourth-order valence-corrected chi connectivity index (χ4v) is 2.49. The predicted molar refractivity (Wildman–Crippen MR) is 41.7 cm³/mol. The summed E-state index contributed by atoms with van der Waals surface area (Å²) in [5, 5.41) is 9.50. The molecular weight excluding hydrogens is 132 g/mol. The highest BCUT2D eigenvalue weighted by atomic mass is 32.2. The van der Waals surface area contributed by atoms with Crippen molar-refractivity contribution in [3.63, 3.8) is 0 Å². The van der Waals surface area contributed by atoms with Gasteiger partial charge in [0, 0.05) is 4.75 Å². The summed E-state index contributed by atoms with van der Waals surface area (Å²) < 4.78 is 0.0966. The van der Waals surface area contributed by atoms with Gasteiger partial charge in [0.1, 0.15) is 0 Å². The molecule has 2 heteroatoms. The summed E-state index contributed by atoms with van der Waals surface area (Å²) in [6, 6.07) is 0. The number of thioether (sulfide) groups is 1. The Balaban J connectivity index is 2.62. The average Bonchev–Trinajstić information content (AvgIpc) is 1.97. The highest BCUT2D eigenvalue weighted by Crippen LogP contribution is 2.40. The lowest BCUT2D eigenvalue weighted by Crippen LogP contribution is -2.31. The zero-order valence-electron chi connectivity index (χ0n) is 6.22. The van der Waals surface area contributed by atoms with Gasteiger partial charge in [0.2, 0.25) is 0 Å². The van der Waals surface area contributed by atoms with E-state index in [1.807, 2.05) is 11.8 Å². The second-order valence-electron chi connectivity index (χ2n) is 3.34. The highest BCUT2D eigenvalue weighted by Gasteiger charge is 2.38. The van der Waals surface area contributed by atoms with Gasteiger partial charge in [0.15, 0.2) is 0 Å². The van der Waals surface area contributed by atoms with E-state index in [-0.39, 0.29) is 10.9 Å². The Morgan fingerprint density at radius 1 is 1.56 bits per heavy atom. The first-order chi connectivity index (χ1) is 4.04. The summed E-state index contributed by atoms with van der Waals surface area (Å²) in [5.74, 6) is 1.58. The predicted octanol–water partition coefficient (Wildman–Crippen LogP) is 1.51. The number of aliphatic hydroxyl groups excluding tert-OH is 1. The first kappa shape index (κ1) is 7.42. The molecule has 1 heterocycles. The van der Waals surface area contributed by atoms with Crippen LogP contribution >= 0.6 is 11.8 Å². The van der Waals surface area contributed by atoms with Crippen LogP contribution in [0.4, 0.5) is 0 Å². The van der Waals surface area contributed by atoms with Gasteiger partial charge in [-0.05, 0) is 25.5 Å². The van der Waals surface area contributed by atoms with Gasteiger partial charge in [-0.15, -0.1) is 0 Å². The maximum absolute atomic E-state index is 9.50. The lowest BCUT2D eigenvalue weighted by Gasteiger charge is -2.22. The van der Waals surface area contributed by atoms with Crippen molar-refractivity contribution in [3.05, 3.63) is 0 Å². The van der Waals surface area contributed by atoms with E-state index in [2.05, 4.69) is 20.8 Å². The summed E-state index contributed by atoms with van der Waals surface area (Å²) in [7, 11) is 0. The largest absolute Gasteiger partial charge is 0.391 e. The Hall–Kier alpha value is 0.310. The number of hydrogen-bond donors (Lipinski definition) is 1. The highest BCUT2D eigenvalue weighted by molar-refractivity contribution is 8.00. The molecule has 0 radical (unpaired) electrons. The molecule has 0 aromatic rings. The van der Waals surface area contributed by atoms with E-state index in [4.69, 9.17) is 0 Å². The van der Waals surface area contributed by atoms with E-state index in [9.17, 15) is 5.11 Å². The third-order valence-corrected chi connectivity index (χ3v) is 3.65. The van der Waals surface area contributed by atoms with Crippen molar-refractivity contribution < 1.29 is 5.11 Å². The summed E-state index contributed by atoms with van der Waals surface area (Å²) in [6.45, 7) is 6.31. The minimum absolute atomic E-state index is 0.0966. The second-order valence-corrected chi connectivity index (χ2v) is 5.01. The normalized spacial score (nSPS) is 41.3. The average molecular weight is 146 g/mol. The van der Waals surface area contributed by atoms with Crippen molar-refractivity contribution in [1.82, 2.24) is 0 Å². The van der Waals surface area contributed by atoms with E-state index in [1.165, 1.54) is 0 Å². The zero-order valence-corrected chi connectivity index (χ0v) is 7.03. The molecule has 1 nitrogen and oxygen atoms in total. The summed E-state index contributed by atoms with van der Waals surface area (Å²) >= 11 is 1.87. The molecule has 0 bridgehead atoms. The van der Waals surface area contributed by atoms with E-state index in [0.717, 1.165) is 5.75 Å². The molecule has 1 rings (SSSR count). The van der Waals surface area contributed by atoms with Crippen LogP contribution in [0.3, 0.4) is 0 Å². The minimum Gasteiger partial charge on any atom is -0.391 e. The van der Waals surface area contributed by atoms with Crippen LogP contribution in [0.2, 0.25) is 0 Å². The summed E-state index contributed by atoms with van der Waals surface area (Å²) in [5.41, 5.74) is 0. The van der Waals surface area contributed by atoms with Crippen LogP contribution in [0.25, 0.3) is 0 Å². The molecule has 0 saturated carbocycles. The van der Waals surface area contributed by atoms with Crippen LogP contribution in [0, 0.1) is 5.92 Å². The van der Waals surface area contributed by atoms with Gasteiger partial charge >= 0.3 is 0 Å². The van der Waals surface area contributed by atoms with Crippen molar-refractivity contribution in [1.29, 1.82) is 0 Å². The molecule has 1 aliphatic heterocycles. The maximum Gasteiger partial charge on any atom is 0.0714 e. The zero-order chi connectivity index (χ0) is 7.07.